The molecular weight excluding hydrogens is 307 g/mol. The van der Waals surface area contributed by atoms with Gasteiger partial charge in [0.2, 0.25) is 5.91 Å². The van der Waals surface area contributed by atoms with Crippen molar-refractivity contribution in [1.29, 1.82) is 0 Å². The lowest BCUT2D eigenvalue weighted by atomic mass is 10.1. The SMILES string of the molecule is Cc1ccc(CC(=O)Nc2ccccc2OCC(F)(F)F)cc1. The average molecular weight is 323 g/mol. The molecule has 6 heteroatoms. The molecule has 1 amide bonds. The van der Waals surface area contributed by atoms with Gasteiger partial charge in [0.1, 0.15) is 5.75 Å². The summed E-state index contributed by atoms with van der Waals surface area (Å²) in [5.41, 5.74) is 2.12. The predicted octanol–water partition coefficient (Wildman–Crippen LogP) is 4.12. The molecule has 0 aliphatic carbocycles. The summed E-state index contributed by atoms with van der Waals surface area (Å²) in [6, 6.07) is 13.5. The molecule has 2 aromatic carbocycles. The Bertz CT molecular complexity index is 666. The molecule has 0 spiro atoms. The Hall–Kier alpha value is -2.50. The van der Waals surface area contributed by atoms with Crippen LogP contribution in [0.3, 0.4) is 0 Å². The van der Waals surface area contributed by atoms with Crippen LogP contribution in [-0.4, -0.2) is 18.7 Å². The minimum absolute atomic E-state index is 0.0120. The number of benzene rings is 2. The second kappa shape index (κ2) is 7.17. The second-order valence-electron chi connectivity index (χ2n) is 5.11. The van der Waals surface area contributed by atoms with Crippen molar-refractivity contribution in [3.8, 4) is 5.75 Å². The summed E-state index contributed by atoms with van der Waals surface area (Å²) in [7, 11) is 0. The monoisotopic (exact) mass is 323 g/mol. The van der Waals surface area contributed by atoms with Gasteiger partial charge in [0.15, 0.2) is 6.61 Å². The van der Waals surface area contributed by atoms with Gasteiger partial charge in [-0.1, -0.05) is 42.0 Å². The Morgan fingerprint density at radius 1 is 1.09 bits per heavy atom. The lowest BCUT2D eigenvalue weighted by molar-refractivity contribution is -0.153. The summed E-state index contributed by atoms with van der Waals surface area (Å²) in [6.45, 7) is 0.538. The third kappa shape index (κ3) is 5.65. The van der Waals surface area contributed by atoms with Crippen LogP contribution in [0.2, 0.25) is 0 Å². The Balaban J connectivity index is 2.01. The summed E-state index contributed by atoms with van der Waals surface area (Å²) < 4.78 is 41.5. The van der Waals surface area contributed by atoms with Gasteiger partial charge >= 0.3 is 6.18 Å². The van der Waals surface area contributed by atoms with Gasteiger partial charge in [0.25, 0.3) is 0 Å². The first-order chi connectivity index (χ1) is 10.8. The van der Waals surface area contributed by atoms with Crippen LogP contribution in [0.1, 0.15) is 11.1 Å². The number of carbonyl (C=O) groups is 1. The van der Waals surface area contributed by atoms with Gasteiger partial charge in [-0.05, 0) is 24.6 Å². The van der Waals surface area contributed by atoms with E-state index in [1.54, 1.807) is 12.1 Å². The molecule has 0 saturated carbocycles. The number of para-hydroxylation sites is 2. The van der Waals surface area contributed by atoms with Crippen LogP contribution in [0.4, 0.5) is 18.9 Å². The van der Waals surface area contributed by atoms with Gasteiger partial charge in [-0.2, -0.15) is 13.2 Å². The Morgan fingerprint density at radius 2 is 1.74 bits per heavy atom. The van der Waals surface area contributed by atoms with Gasteiger partial charge in [-0.15, -0.1) is 0 Å². The maximum Gasteiger partial charge on any atom is 0.422 e. The van der Waals surface area contributed by atoms with E-state index in [1.807, 2.05) is 31.2 Å². The Kier molecular flexibility index (Phi) is 5.26. The second-order valence-corrected chi connectivity index (χ2v) is 5.11. The smallest absolute Gasteiger partial charge is 0.422 e. The number of halogens is 3. The molecule has 0 fully saturated rings. The molecule has 2 aromatic rings. The zero-order valence-corrected chi connectivity index (χ0v) is 12.5. The van der Waals surface area contributed by atoms with E-state index in [1.165, 1.54) is 12.1 Å². The predicted molar refractivity (Wildman–Crippen MR) is 81.5 cm³/mol. The van der Waals surface area contributed by atoms with Gasteiger partial charge in [-0.3, -0.25) is 4.79 Å². The van der Waals surface area contributed by atoms with Crippen LogP contribution in [0, 0.1) is 6.92 Å². The van der Waals surface area contributed by atoms with Gasteiger partial charge in [0, 0.05) is 0 Å². The average Bonchev–Trinajstić information content (AvgIpc) is 2.48. The molecule has 0 aliphatic heterocycles. The molecule has 0 radical (unpaired) electrons. The zero-order valence-electron chi connectivity index (χ0n) is 12.5. The van der Waals surface area contributed by atoms with E-state index in [-0.39, 0.29) is 23.8 Å². The normalized spacial score (nSPS) is 11.1. The quantitative estimate of drug-likeness (QED) is 0.899. The van der Waals surface area contributed by atoms with Crippen molar-refractivity contribution in [2.24, 2.45) is 0 Å². The highest BCUT2D eigenvalue weighted by Crippen LogP contribution is 2.26. The minimum atomic E-state index is -4.43. The number of anilines is 1. The van der Waals surface area contributed by atoms with Crippen molar-refractivity contribution in [1.82, 2.24) is 0 Å². The maximum atomic E-state index is 12.2. The number of carbonyl (C=O) groups excluding carboxylic acids is 1. The molecule has 23 heavy (non-hydrogen) atoms. The largest absolute Gasteiger partial charge is 0.482 e. The molecule has 1 N–H and O–H groups in total. The molecule has 0 aliphatic rings. The Morgan fingerprint density at radius 3 is 2.39 bits per heavy atom. The van der Waals surface area contributed by atoms with E-state index >= 15 is 0 Å². The van der Waals surface area contributed by atoms with Gasteiger partial charge in [0.05, 0.1) is 12.1 Å². The molecule has 2 rings (SSSR count). The molecule has 0 heterocycles. The summed E-state index contributed by atoms with van der Waals surface area (Å²) in [5, 5.41) is 2.58. The van der Waals surface area contributed by atoms with E-state index in [0.29, 0.717) is 0 Å². The van der Waals surface area contributed by atoms with Crippen LogP contribution in [0.5, 0.6) is 5.75 Å². The van der Waals surface area contributed by atoms with E-state index in [4.69, 9.17) is 4.74 Å². The summed E-state index contributed by atoms with van der Waals surface area (Å²) >= 11 is 0. The molecule has 122 valence electrons. The summed E-state index contributed by atoms with van der Waals surface area (Å²) in [4.78, 5) is 12.0. The number of amides is 1. The minimum Gasteiger partial charge on any atom is -0.482 e. The molecule has 0 atom stereocenters. The standard InChI is InChI=1S/C17H16F3NO2/c1-12-6-8-13(9-7-12)10-16(22)21-14-4-2-3-5-15(14)23-11-17(18,19)20/h2-9H,10-11H2,1H3,(H,21,22). The molecule has 3 nitrogen and oxygen atoms in total. The number of nitrogens with one attached hydrogen (secondary N) is 1. The van der Waals surface area contributed by atoms with Crippen LogP contribution >= 0.6 is 0 Å². The number of hydrogen-bond acceptors (Lipinski definition) is 2. The zero-order chi connectivity index (χ0) is 16.9. The number of alkyl halides is 3. The van der Waals surface area contributed by atoms with Crippen LogP contribution in [0.15, 0.2) is 48.5 Å². The topological polar surface area (TPSA) is 38.3 Å². The highest BCUT2D eigenvalue weighted by molar-refractivity contribution is 5.93. The fourth-order valence-electron chi connectivity index (χ4n) is 1.94. The number of rotatable bonds is 5. The highest BCUT2D eigenvalue weighted by Gasteiger charge is 2.28. The summed E-state index contributed by atoms with van der Waals surface area (Å²) in [5.74, 6) is -0.334. The lowest BCUT2D eigenvalue weighted by Crippen LogP contribution is -2.20. The first kappa shape index (κ1) is 16.9. The van der Waals surface area contributed by atoms with Crippen LogP contribution in [-0.2, 0) is 11.2 Å². The number of aryl methyl sites for hydroxylation is 1. The van der Waals surface area contributed by atoms with E-state index in [9.17, 15) is 18.0 Å². The van der Waals surface area contributed by atoms with Gasteiger partial charge < -0.3 is 10.1 Å². The molecule has 0 bridgehead atoms. The molecule has 0 unspecified atom stereocenters. The first-order valence-electron chi connectivity index (χ1n) is 6.97. The maximum absolute atomic E-state index is 12.2. The fraction of sp³-hybridized carbons (Fsp3) is 0.235. The van der Waals surface area contributed by atoms with Crippen molar-refractivity contribution < 1.29 is 22.7 Å². The third-order valence-electron chi connectivity index (χ3n) is 3.04. The van der Waals surface area contributed by atoms with E-state index < -0.39 is 12.8 Å². The van der Waals surface area contributed by atoms with E-state index in [0.717, 1.165) is 11.1 Å². The van der Waals surface area contributed by atoms with Gasteiger partial charge in [-0.25, -0.2) is 0 Å². The highest BCUT2D eigenvalue weighted by atomic mass is 19.4. The summed E-state index contributed by atoms with van der Waals surface area (Å²) in [6.07, 6.45) is -4.30. The Labute approximate surface area is 132 Å². The third-order valence-corrected chi connectivity index (χ3v) is 3.04. The lowest BCUT2D eigenvalue weighted by Gasteiger charge is -2.13. The molecule has 0 saturated heterocycles. The molecule has 0 aromatic heterocycles. The number of hydrogen-bond donors (Lipinski definition) is 1. The van der Waals surface area contributed by atoms with Crippen molar-refractivity contribution >= 4 is 11.6 Å². The van der Waals surface area contributed by atoms with Crippen molar-refractivity contribution in [3.63, 3.8) is 0 Å². The fourth-order valence-corrected chi connectivity index (χ4v) is 1.94. The van der Waals surface area contributed by atoms with Crippen molar-refractivity contribution in [2.75, 3.05) is 11.9 Å². The molecular formula is C17H16F3NO2. The van der Waals surface area contributed by atoms with Crippen molar-refractivity contribution in [3.05, 3.63) is 59.7 Å². The number of ether oxygens (including phenoxy) is 1. The van der Waals surface area contributed by atoms with Crippen LogP contribution in [0.25, 0.3) is 0 Å². The van der Waals surface area contributed by atoms with Crippen molar-refractivity contribution in [2.45, 2.75) is 19.5 Å². The first-order valence-corrected chi connectivity index (χ1v) is 6.97. The van der Waals surface area contributed by atoms with Crippen LogP contribution < -0.4 is 10.1 Å². The van der Waals surface area contributed by atoms with E-state index in [2.05, 4.69) is 5.32 Å².